The summed E-state index contributed by atoms with van der Waals surface area (Å²) in [6.07, 6.45) is 5.50. The molecule has 29 heavy (non-hydrogen) atoms. The van der Waals surface area contributed by atoms with Crippen LogP contribution >= 0.6 is 0 Å². The molecule has 8 heteroatoms. The number of aromatic amines is 1. The van der Waals surface area contributed by atoms with Gasteiger partial charge in [0.15, 0.2) is 11.9 Å². The van der Waals surface area contributed by atoms with Crippen molar-refractivity contribution in [2.45, 2.75) is 19.1 Å². The van der Waals surface area contributed by atoms with Crippen molar-refractivity contribution in [2.24, 2.45) is 5.92 Å². The first-order valence-electron chi connectivity index (χ1n) is 9.48. The lowest BCUT2D eigenvalue weighted by atomic mass is 10.1. The number of para-hydroxylation sites is 1. The van der Waals surface area contributed by atoms with Crippen molar-refractivity contribution in [2.75, 3.05) is 11.9 Å². The van der Waals surface area contributed by atoms with Gasteiger partial charge in [-0.25, -0.2) is 0 Å². The number of nitrogens with zero attached hydrogens (tertiary/aromatic N) is 5. The van der Waals surface area contributed by atoms with E-state index >= 15 is 0 Å². The molecule has 144 valence electrons. The third-order valence-electron chi connectivity index (χ3n) is 5.53. The van der Waals surface area contributed by atoms with Crippen LogP contribution in [0.25, 0.3) is 11.3 Å². The number of pyridine rings is 1. The Hall–Kier alpha value is -3.86. The van der Waals surface area contributed by atoms with Crippen LogP contribution in [0.4, 0.5) is 11.4 Å². The first-order chi connectivity index (χ1) is 14.2. The quantitative estimate of drug-likeness (QED) is 0.529. The normalized spacial score (nSPS) is 22.1. The molecule has 2 saturated heterocycles. The predicted molar refractivity (Wildman–Crippen MR) is 107 cm³/mol. The molecule has 0 spiro atoms. The van der Waals surface area contributed by atoms with E-state index in [1.807, 2.05) is 36.4 Å². The maximum absolute atomic E-state index is 12.9. The number of carbonyl (C=O) groups is 1. The lowest BCUT2D eigenvalue weighted by Crippen LogP contribution is -2.30. The minimum Gasteiger partial charge on any atom is -0.354 e. The zero-order valence-electron chi connectivity index (χ0n) is 15.8. The van der Waals surface area contributed by atoms with E-state index in [2.05, 4.69) is 33.6 Å². The summed E-state index contributed by atoms with van der Waals surface area (Å²) in [5.74, 6) is 0.129. The van der Waals surface area contributed by atoms with E-state index in [9.17, 15) is 10.1 Å². The second-order valence-electron chi connectivity index (χ2n) is 7.43. The maximum atomic E-state index is 12.9. The van der Waals surface area contributed by atoms with Crippen molar-refractivity contribution in [3.05, 3.63) is 60.6 Å². The number of nitrogens with one attached hydrogen (secondary N) is 2. The standard InChI is InChI=1S/C21H19N7O/c1-13-11-27(12-22)20-19(13)28(20)21(29)17-9-16(25-26-17)15-7-8-23-10-18(15)24-14-5-3-2-4-6-14/h2-10,13,19-20,24H,11H2,1H3,(H,25,26)/t13?,19-,20?,28?/m1/s1. The minimum atomic E-state index is -0.152. The molecule has 1 aromatic carbocycles. The van der Waals surface area contributed by atoms with Gasteiger partial charge in [0.05, 0.1) is 23.6 Å². The number of amides is 1. The van der Waals surface area contributed by atoms with E-state index in [1.165, 1.54) is 0 Å². The highest BCUT2D eigenvalue weighted by Crippen LogP contribution is 2.44. The number of anilines is 2. The molecule has 2 aliphatic heterocycles. The van der Waals surface area contributed by atoms with Gasteiger partial charge < -0.3 is 10.2 Å². The number of aromatic nitrogens is 3. The van der Waals surface area contributed by atoms with Crippen LogP contribution in [-0.2, 0) is 0 Å². The van der Waals surface area contributed by atoms with E-state index in [0.717, 1.165) is 22.6 Å². The Morgan fingerprint density at radius 1 is 1.31 bits per heavy atom. The lowest BCUT2D eigenvalue weighted by Gasteiger charge is -2.16. The number of likely N-dealkylation sites (tertiary alicyclic amines) is 1. The predicted octanol–water partition coefficient (Wildman–Crippen LogP) is 2.80. The summed E-state index contributed by atoms with van der Waals surface area (Å²) in [4.78, 5) is 20.5. The Morgan fingerprint density at radius 3 is 2.93 bits per heavy atom. The van der Waals surface area contributed by atoms with Crippen LogP contribution in [0.1, 0.15) is 17.4 Å². The number of benzene rings is 1. The van der Waals surface area contributed by atoms with Crippen LogP contribution in [0.3, 0.4) is 0 Å². The van der Waals surface area contributed by atoms with Crippen molar-refractivity contribution in [3.63, 3.8) is 0 Å². The molecule has 0 bridgehead atoms. The van der Waals surface area contributed by atoms with Crippen LogP contribution in [0, 0.1) is 17.4 Å². The molecule has 0 saturated carbocycles. The van der Waals surface area contributed by atoms with Gasteiger partial charge in [0, 0.05) is 24.0 Å². The van der Waals surface area contributed by atoms with Crippen molar-refractivity contribution < 1.29 is 4.79 Å². The number of fused-ring (bicyclic) bond motifs is 1. The molecule has 4 heterocycles. The molecule has 2 unspecified atom stereocenters. The molecule has 2 fully saturated rings. The molecule has 3 aromatic rings. The topological polar surface area (TPSA) is 101 Å². The molecule has 3 atom stereocenters. The van der Waals surface area contributed by atoms with E-state index in [0.29, 0.717) is 12.2 Å². The number of carbonyl (C=O) groups excluding carboxylic acids is 1. The Balaban J connectivity index is 1.39. The Bertz CT molecular complexity index is 1100. The fourth-order valence-electron chi connectivity index (χ4n) is 4.13. The fraction of sp³-hybridized carbons (Fsp3) is 0.238. The van der Waals surface area contributed by atoms with Gasteiger partial charge >= 0.3 is 0 Å². The van der Waals surface area contributed by atoms with Gasteiger partial charge in [0.1, 0.15) is 6.17 Å². The fourth-order valence-corrected chi connectivity index (χ4v) is 4.13. The molecule has 2 N–H and O–H groups in total. The minimum absolute atomic E-state index is 0.0959. The van der Waals surface area contributed by atoms with Crippen LogP contribution in [0.15, 0.2) is 54.9 Å². The SMILES string of the molecule is CC1CN(C#N)C2[C@@H]1N2C(=O)c1cc(-c2ccncc2Nc2ccccc2)[nH]n1. The molecule has 8 nitrogen and oxygen atoms in total. The van der Waals surface area contributed by atoms with Crippen molar-refractivity contribution in [1.29, 1.82) is 5.26 Å². The van der Waals surface area contributed by atoms with Crippen LogP contribution < -0.4 is 5.32 Å². The molecule has 2 aliphatic rings. The van der Waals surface area contributed by atoms with E-state index in [-0.39, 0.29) is 24.0 Å². The molecule has 2 aromatic heterocycles. The van der Waals surface area contributed by atoms with E-state index in [1.54, 1.807) is 28.3 Å². The second kappa shape index (κ2) is 6.63. The number of rotatable bonds is 4. The molecule has 5 rings (SSSR count). The molecule has 0 radical (unpaired) electrons. The van der Waals surface area contributed by atoms with E-state index in [4.69, 9.17) is 0 Å². The second-order valence-corrected chi connectivity index (χ2v) is 7.43. The van der Waals surface area contributed by atoms with Crippen LogP contribution in [0.5, 0.6) is 0 Å². The third kappa shape index (κ3) is 2.88. The summed E-state index contributed by atoms with van der Waals surface area (Å²) in [6, 6.07) is 13.5. The van der Waals surface area contributed by atoms with Gasteiger partial charge in [0.25, 0.3) is 5.91 Å². The van der Waals surface area contributed by atoms with Crippen LogP contribution in [-0.4, -0.2) is 49.6 Å². The Kier molecular flexibility index (Phi) is 3.95. The molecule has 0 aliphatic carbocycles. The average Bonchev–Trinajstić information content (AvgIpc) is 3.12. The van der Waals surface area contributed by atoms with Gasteiger partial charge in [-0.3, -0.25) is 19.8 Å². The average molecular weight is 385 g/mol. The van der Waals surface area contributed by atoms with Crippen molar-refractivity contribution in [1.82, 2.24) is 25.0 Å². The van der Waals surface area contributed by atoms with Crippen molar-refractivity contribution in [3.8, 4) is 17.5 Å². The number of H-pyrrole nitrogens is 1. The van der Waals surface area contributed by atoms with Crippen LogP contribution in [0.2, 0.25) is 0 Å². The largest absolute Gasteiger partial charge is 0.354 e. The maximum Gasteiger partial charge on any atom is 0.276 e. The van der Waals surface area contributed by atoms with E-state index < -0.39 is 0 Å². The van der Waals surface area contributed by atoms with Gasteiger partial charge in [0.2, 0.25) is 0 Å². The number of nitriles is 1. The smallest absolute Gasteiger partial charge is 0.276 e. The van der Waals surface area contributed by atoms with Crippen molar-refractivity contribution >= 4 is 17.3 Å². The highest BCUT2D eigenvalue weighted by Gasteiger charge is 2.62. The first kappa shape index (κ1) is 17.3. The summed E-state index contributed by atoms with van der Waals surface area (Å²) >= 11 is 0. The summed E-state index contributed by atoms with van der Waals surface area (Å²) in [5, 5.41) is 19.8. The summed E-state index contributed by atoms with van der Waals surface area (Å²) in [6.45, 7) is 2.77. The molecule has 1 amide bonds. The summed E-state index contributed by atoms with van der Waals surface area (Å²) in [5.41, 5.74) is 3.70. The summed E-state index contributed by atoms with van der Waals surface area (Å²) < 4.78 is 0. The van der Waals surface area contributed by atoms with Gasteiger partial charge in [-0.15, -0.1) is 0 Å². The zero-order chi connectivity index (χ0) is 20.0. The third-order valence-corrected chi connectivity index (χ3v) is 5.53. The van der Waals surface area contributed by atoms with Gasteiger partial charge in [-0.2, -0.15) is 10.4 Å². The number of hydrogen-bond donors (Lipinski definition) is 2. The van der Waals surface area contributed by atoms with Gasteiger partial charge in [-0.1, -0.05) is 25.1 Å². The highest BCUT2D eigenvalue weighted by molar-refractivity contribution is 5.96. The zero-order valence-corrected chi connectivity index (χ0v) is 15.8. The summed E-state index contributed by atoms with van der Waals surface area (Å²) in [7, 11) is 0. The lowest BCUT2D eigenvalue weighted by molar-refractivity contribution is 0.0810. The molecular formula is C21H19N7O. The number of hydrogen-bond acceptors (Lipinski definition) is 6. The highest BCUT2D eigenvalue weighted by atomic mass is 16.2. The van der Waals surface area contributed by atoms with Gasteiger partial charge in [-0.05, 0) is 30.2 Å². The molecular weight excluding hydrogens is 366 g/mol. The monoisotopic (exact) mass is 385 g/mol. The Labute approximate surface area is 167 Å². The first-order valence-corrected chi connectivity index (χ1v) is 9.48. The Morgan fingerprint density at radius 2 is 2.14 bits per heavy atom.